The highest BCUT2D eigenvalue weighted by atomic mass is 16.4. The molecule has 0 saturated carbocycles. The second-order valence-corrected chi connectivity index (χ2v) is 6.49. The number of nitrogens with zero attached hydrogens (tertiary/aromatic N) is 1. The van der Waals surface area contributed by atoms with Crippen LogP contribution in [0.3, 0.4) is 0 Å². The molecule has 1 aromatic heterocycles. The summed E-state index contributed by atoms with van der Waals surface area (Å²) in [5, 5.41) is 22.9. The topological polar surface area (TPSA) is 106 Å². The third-order valence-electron chi connectivity index (χ3n) is 4.45. The van der Waals surface area contributed by atoms with Crippen LogP contribution < -0.4 is 10.4 Å². The van der Waals surface area contributed by atoms with Gasteiger partial charge in [0, 0.05) is 17.3 Å². The van der Waals surface area contributed by atoms with Gasteiger partial charge in [0.15, 0.2) is 0 Å². The third-order valence-corrected chi connectivity index (χ3v) is 4.45. The highest BCUT2D eigenvalue weighted by molar-refractivity contribution is 6.09. The van der Waals surface area contributed by atoms with Gasteiger partial charge in [-0.2, -0.15) is 5.26 Å². The first kappa shape index (κ1) is 19.6. The average Bonchev–Trinajstić information content (AvgIpc) is 3.17. The monoisotopic (exact) mass is 385 g/mol. The molecule has 0 aliphatic heterocycles. The van der Waals surface area contributed by atoms with Crippen LogP contribution in [0, 0.1) is 25.2 Å². The second-order valence-electron chi connectivity index (χ2n) is 6.49. The number of hydrogen-bond acceptors (Lipinski definition) is 5. The summed E-state index contributed by atoms with van der Waals surface area (Å²) in [6.07, 6.45) is 1.36. The van der Waals surface area contributed by atoms with E-state index < -0.39 is 11.9 Å². The summed E-state index contributed by atoms with van der Waals surface area (Å²) in [5.41, 5.74) is 3.37. The van der Waals surface area contributed by atoms with Gasteiger partial charge in [-0.25, -0.2) is 0 Å². The minimum Gasteiger partial charge on any atom is -0.545 e. The molecule has 6 heteroatoms. The minimum atomic E-state index is -1.26. The number of furan rings is 1. The molecule has 1 N–H and O–H groups in total. The number of carbonyl (C=O) groups excluding carboxylic acids is 2. The lowest BCUT2D eigenvalue weighted by Crippen LogP contribution is -2.21. The Kier molecular flexibility index (Phi) is 5.61. The Hall–Kier alpha value is -4.11. The summed E-state index contributed by atoms with van der Waals surface area (Å²) in [6, 6.07) is 16.7. The maximum Gasteiger partial charge on any atom is 0.266 e. The highest BCUT2D eigenvalue weighted by Gasteiger charge is 2.12. The van der Waals surface area contributed by atoms with Gasteiger partial charge in [0.2, 0.25) is 0 Å². The number of carboxylic acids is 1. The van der Waals surface area contributed by atoms with Gasteiger partial charge < -0.3 is 19.6 Å². The molecule has 0 aliphatic carbocycles. The molecular weight excluding hydrogens is 368 g/mol. The second kappa shape index (κ2) is 8.28. The van der Waals surface area contributed by atoms with Crippen molar-refractivity contribution in [2.24, 2.45) is 0 Å². The molecule has 0 unspecified atom stereocenters. The third kappa shape index (κ3) is 4.60. The van der Waals surface area contributed by atoms with Crippen molar-refractivity contribution in [2.45, 2.75) is 13.8 Å². The summed E-state index contributed by atoms with van der Waals surface area (Å²) in [6.45, 7) is 3.91. The fraction of sp³-hybridized carbons (Fsp3) is 0.0870. The van der Waals surface area contributed by atoms with Crippen molar-refractivity contribution >= 4 is 23.6 Å². The van der Waals surface area contributed by atoms with Gasteiger partial charge in [0.1, 0.15) is 23.2 Å². The number of aromatic carboxylic acids is 1. The van der Waals surface area contributed by atoms with Gasteiger partial charge in [-0.15, -0.1) is 0 Å². The van der Waals surface area contributed by atoms with Crippen molar-refractivity contribution in [2.75, 3.05) is 5.32 Å². The van der Waals surface area contributed by atoms with E-state index >= 15 is 0 Å². The number of aryl methyl sites for hydroxylation is 2. The summed E-state index contributed by atoms with van der Waals surface area (Å²) < 4.78 is 5.67. The Morgan fingerprint density at radius 1 is 1.03 bits per heavy atom. The number of anilines is 1. The van der Waals surface area contributed by atoms with Crippen LogP contribution in [0.5, 0.6) is 0 Å². The molecule has 144 valence electrons. The molecule has 3 aromatic rings. The fourth-order valence-corrected chi connectivity index (χ4v) is 2.66. The van der Waals surface area contributed by atoms with E-state index in [2.05, 4.69) is 5.32 Å². The van der Waals surface area contributed by atoms with E-state index in [9.17, 15) is 20.0 Å². The lowest BCUT2D eigenvalue weighted by Gasteiger charge is -2.06. The molecule has 1 amide bonds. The molecule has 3 rings (SSSR count). The zero-order chi connectivity index (χ0) is 21.0. The molecule has 0 bridgehead atoms. The number of carboxylic acid groups (broad SMARTS) is 1. The first-order valence-electron chi connectivity index (χ1n) is 8.79. The van der Waals surface area contributed by atoms with Crippen molar-refractivity contribution in [1.29, 1.82) is 5.26 Å². The number of rotatable bonds is 5. The Morgan fingerprint density at radius 2 is 1.76 bits per heavy atom. The number of hydrogen-bond donors (Lipinski definition) is 1. The number of amides is 1. The quantitative estimate of drug-likeness (QED) is 0.535. The molecule has 0 aliphatic rings. The van der Waals surface area contributed by atoms with Crippen LogP contribution in [0.4, 0.5) is 5.69 Å². The Labute approximate surface area is 167 Å². The van der Waals surface area contributed by atoms with Crippen LogP contribution in [-0.4, -0.2) is 11.9 Å². The maximum absolute atomic E-state index is 12.4. The fourth-order valence-electron chi connectivity index (χ4n) is 2.66. The van der Waals surface area contributed by atoms with Crippen molar-refractivity contribution in [3.05, 3.63) is 82.6 Å². The lowest BCUT2D eigenvalue weighted by molar-refractivity contribution is -0.255. The number of carbonyl (C=O) groups is 2. The van der Waals surface area contributed by atoms with E-state index in [0.717, 1.165) is 11.1 Å². The average molecular weight is 385 g/mol. The van der Waals surface area contributed by atoms with Crippen LogP contribution in [-0.2, 0) is 4.79 Å². The highest BCUT2D eigenvalue weighted by Crippen LogP contribution is 2.24. The Morgan fingerprint density at radius 3 is 2.38 bits per heavy atom. The summed E-state index contributed by atoms with van der Waals surface area (Å²) in [5.74, 6) is -0.983. The zero-order valence-electron chi connectivity index (χ0n) is 15.9. The van der Waals surface area contributed by atoms with Crippen LogP contribution in [0.1, 0.15) is 27.2 Å². The number of nitrogens with one attached hydrogen (secondary N) is 1. The van der Waals surface area contributed by atoms with E-state index in [1.165, 1.54) is 18.2 Å². The Balaban J connectivity index is 1.78. The van der Waals surface area contributed by atoms with Crippen molar-refractivity contribution < 1.29 is 19.1 Å². The predicted octanol–water partition coefficient (Wildman–Crippen LogP) is 3.47. The van der Waals surface area contributed by atoms with Crippen molar-refractivity contribution in [3.8, 4) is 17.4 Å². The largest absolute Gasteiger partial charge is 0.545 e. The van der Waals surface area contributed by atoms with Crippen LogP contribution in [0.15, 0.2) is 64.6 Å². The van der Waals surface area contributed by atoms with Crippen molar-refractivity contribution in [1.82, 2.24) is 0 Å². The zero-order valence-corrected chi connectivity index (χ0v) is 15.9. The van der Waals surface area contributed by atoms with Gasteiger partial charge >= 0.3 is 0 Å². The predicted molar refractivity (Wildman–Crippen MR) is 107 cm³/mol. The first-order valence-corrected chi connectivity index (χ1v) is 8.79. The van der Waals surface area contributed by atoms with Crippen LogP contribution in [0.25, 0.3) is 17.4 Å². The number of nitriles is 1. The molecule has 2 aromatic carbocycles. The van der Waals surface area contributed by atoms with Gasteiger partial charge in [0.05, 0.1) is 5.97 Å². The normalized spacial score (nSPS) is 11.0. The summed E-state index contributed by atoms with van der Waals surface area (Å²) in [7, 11) is 0. The summed E-state index contributed by atoms with van der Waals surface area (Å²) >= 11 is 0. The molecule has 6 nitrogen and oxygen atoms in total. The smallest absolute Gasteiger partial charge is 0.266 e. The van der Waals surface area contributed by atoms with E-state index in [-0.39, 0.29) is 11.1 Å². The standard InChI is InChI=1S/C23H18N2O4/c1-14-3-8-19(11-15(14)2)25-22(26)18(13-24)12-20-9-10-21(29-20)16-4-6-17(7-5-16)23(27)28/h3-12H,1-2H3,(H,25,26)(H,27,28)/p-1/b18-12+. The first-order chi connectivity index (χ1) is 13.9. The summed E-state index contributed by atoms with van der Waals surface area (Å²) in [4.78, 5) is 23.2. The SMILES string of the molecule is Cc1ccc(NC(=O)/C(C#N)=C/c2ccc(-c3ccc(C(=O)[O-])cc3)o2)cc1C. The molecule has 0 radical (unpaired) electrons. The van der Waals surface area contributed by atoms with E-state index in [4.69, 9.17) is 4.42 Å². The van der Waals surface area contributed by atoms with E-state index in [1.54, 1.807) is 30.3 Å². The van der Waals surface area contributed by atoms with E-state index in [1.807, 2.05) is 32.0 Å². The molecule has 0 spiro atoms. The maximum atomic E-state index is 12.4. The lowest BCUT2D eigenvalue weighted by atomic mass is 10.1. The van der Waals surface area contributed by atoms with Crippen LogP contribution >= 0.6 is 0 Å². The molecule has 29 heavy (non-hydrogen) atoms. The van der Waals surface area contributed by atoms with Gasteiger partial charge in [-0.1, -0.05) is 30.3 Å². The van der Waals surface area contributed by atoms with Gasteiger partial charge in [-0.3, -0.25) is 4.79 Å². The van der Waals surface area contributed by atoms with E-state index in [0.29, 0.717) is 22.8 Å². The molecule has 0 atom stereocenters. The number of benzene rings is 2. The molecule has 0 fully saturated rings. The van der Waals surface area contributed by atoms with Gasteiger partial charge in [0.25, 0.3) is 5.91 Å². The van der Waals surface area contributed by atoms with Crippen molar-refractivity contribution in [3.63, 3.8) is 0 Å². The van der Waals surface area contributed by atoms with Crippen LogP contribution in [0.2, 0.25) is 0 Å². The Bertz CT molecular complexity index is 1150. The molecule has 0 saturated heterocycles. The molecule has 1 heterocycles. The minimum absolute atomic E-state index is 0.0650. The molecular formula is C23H17N2O4-. The van der Waals surface area contributed by atoms with Gasteiger partial charge in [-0.05, 0) is 54.8 Å².